The number of thiophene rings is 1. The summed E-state index contributed by atoms with van der Waals surface area (Å²) in [6.07, 6.45) is 5.85. The second kappa shape index (κ2) is 6.81. The van der Waals surface area contributed by atoms with Gasteiger partial charge in [0.15, 0.2) is 5.11 Å². The third-order valence-electron chi connectivity index (χ3n) is 4.73. The van der Waals surface area contributed by atoms with Crippen molar-refractivity contribution in [3.8, 4) is 0 Å². The van der Waals surface area contributed by atoms with Crippen LogP contribution in [-0.2, 0) is 12.8 Å². The Kier molecular flexibility index (Phi) is 4.50. The molecule has 0 atom stereocenters. The molecule has 2 N–H and O–H groups in total. The summed E-state index contributed by atoms with van der Waals surface area (Å²) in [5.41, 5.74) is 7.26. The maximum Gasteiger partial charge on any atom is 0.281 e. The number of nitrogens with one attached hydrogen (secondary N) is 2. The molecule has 7 heteroatoms. The van der Waals surface area contributed by atoms with E-state index in [1.54, 1.807) is 11.3 Å². The Labute approximate surface area is 161 Å². The first-order chi connectivity index (χ1) is 12.5. The van der Waals surface area contributed by atoms with Crippen molar-refractivity contribution >= 4 is 44.6 Å². The minimum atomic E-state index is -0.0841. The molecule has 4 rings (SSSR count). The lowest BCUT2D eigenvalue weighted by atomic mass is 9.97. The van der Waals surface area contributed by atoms with Crippen molar-refractivity contribution in [2.24, 2.45) is 0 Å². The molecule has 0 bridgehead atoms. The topological polar surface area (TPSA) is 58.9 Å². The van der Waals surface area contributed by atoms with Gasteiger partial charge in [-0.15, -0.1) is 11.3 Å². The summed E-state index contributed by atoms with van der Waals surface area (Å²) in [5, 5.41) is 4.26. The van der Waals surface area contributed by atoms with Gasteiger partial charge in [-0.1, -0.05) is 17.7 Å². The fourth-order valence-corrected chi connectivity index (χ4v) is 4.87. The lowest BCUT2D eigenvalue weighted by Crippen LogP contribution is -2.35. The summed E-state index contributed by atoms with van der Waals surface area (Å²) in [6.45, 7) is 4.07. The molecular weight excluding hydrogens is 364 g/mol. The predicted octanol–water partition coefficient (Wildman–Crippen LogP) is 3.89. The summed E-state index contributed by atoms with van der Waals surface area (Å²) in [4.78, 5) is 19.5. The van der Waals surface area contributed by atoms with Crippen molar-refractivity contribution in [3.05, 3.63) is 56.4 Å². The second-order valence-electron chi connectivity index (χ2n) is 6.70. The van der Waals surface area contributed by atoms with Gasteiger partial charge in [-0.25, -0.2) is 9.66 Å². The van der Waals surface area contributed by atoms with Crippen LogP contribution in [0.1, 0.15) is 34.4 Å². The van der Waals surface area contributed by atoms with Crippen LogP contribution < -0.4 is 16.3 Å². The first-order valence-electron chi connectivity index (χ1n) is 8.70. The Balaban J connectivity index is 1.61. The molecule has 0 fully saturated rings. The van der Waals surface area contributed by atoms with Crippen LogP contribution in [0, 0.1) is 13.8 Å². The standard InChI is InChI=1S/C19H20N4OS2/c1-11-7-8-14(12(2)9-11)21-19(25)22-23-10-20-17-16(18(23)24)13-5-3-4-6-15(13)26-17/h7-10H,3-6H2,1-2H3,(H2,21,22,25). The van der Waals surface area contributed by atoms with Gasteiger partial charge in [0, 0.05) is 10.6 Å². The van der Waals surface area contributed by atoms with E-state index in [2.05, 4.69) is 28.7 Å². The Morgan fingerprint density at radius 2 is 2.08 bits per heavy atom. The summed E-state index contributed by atoms with van der Waals surface area (Å²) < 4.78 is 1.38. The summed E-state index contributed by atoms with van der Waals surface area (Å²) in [5.74, 6) is 0. The van der Waals surface area contributed by atoms with E-state index in [0.717, 1.165) is 40.7 Å². The Hall–Kier alpha value is -2.25. The van der Waals surface area contributed by atoms with Crippen LogP contribution in [0.5, 0.6) is 0 Å². The van der Waals surface area contributed by atoms with Crippen molar-refractivity contribution in [2.45, 2.75) is 39.5 Å². The van der Waals surface area contributed by atoms with Crippen LogP contribution in [0.2, 0.25) is 0 Å². The molecule has 2 heterocycles. The van der Waals surface area contributed by atoms with Gasteiger partial charge in [0.2, 0.25) is 0 Å². The molecule has 0 saturated carbocycles. The third-order valence-corrected chi connectivity index (χ3v) is 6.12. The summed E-state index contributed by atoms with van der Waals surface area (Å²) >= 11 is 7.03. The first kappa shape index (κ1) is 17.2. The number of nitrogens with zero attached hydrogens (tertiary/aromatic N) is 2. The number of fused-ring (bicyclic) bond motifs is 3. The van der Waals surface area contributed by atoms with Crippen LogP contribution in [0.15, 0.2) is 29.3 Å². The number of anilines is 1. The predicted molar refractivity (Wildman–Crippen MR) is 112 cm³/mol. The molecule has 0 saturated heterocycles. The van der Waals surface area contributed by atoms with Gasteiger partial charge < -0.3 is 5.32 Å². The Morgan fingerprint density at radius 3 is 2.88 bits per heavy atom. The van der Waals surface area contributed by atoms with E-state index in [1.165, 1.54) is 33.4 Å². The molecular formula is C19H20N4OS2. The SMILES string of the molecule is Cc1ccc(NC(=S)Nn2cnc3sc4c(c3c2=O)CCCC4)c(C)c1. The van der Waals surface area contributed by atoms with Crippen LogP contribution in [0.3, 0.4) is 0 Å². The van der Waals surface area contributed by atoms with E-state index < -0.39 is 0 Å². The largest absolute Gasteiger partial charge is 0.331 e. The van der Waals surface area contributed by atoms with Crippen molar-refractivity contribution in [3.63, 3.8) is 0 Å². The lowest BCUT2D eigenvalue weighted by molar-refractivity contribution is 0.699. The molecule has 1 aliphatic carbocycles. The van der Waals surface area contributed by atoms with Crippen molar-refractivity contribution < 1.29 is 0 Å². The molecule has 134 valence electrons. The zero-order valence-electron chi connectivity index (χ0n) is 14.8. The molecule has 0 aliphatic heterocycles. The van der Waals surface area contributed by atoms with Gasteiger partial charge in [0.25, 0.3) is 5.56 Å². The molecule has 1 aliphatic rings. The highest BCUT2D eigenvalue weighted by molar-refractivity contribution is 7.80. The van der Waals surface area contributed by atoms with Crippen LogP contribution in [0.4, 0.5) is 5.69 Å². The van der Waals surface area contributed by atoms with Crippen LogP contribution >= 0.6 is 23.6 Å². The molecule has 0 amide bonds. The molecule has 2 aromatic heterocycles. The third kappa shape index (κ3) is 3.12. The summed E-state index contributed by atoms with van der Waals surface area (Å²) in [7, 11) is 0. The quantitative estimate of drug-likeness (QED) is 0.657. The molecule has 0 radical (unpaired) electrons. The number of aryl methyl sites for hydroxylation is 4. The van der Waals surface area contributed by atoms with E-state index in [4.69, 9.17) is 12.2 Å². The van der Waals surface area contributed by atoms with Crippen molar-refractivity contribution in [1.29, 1.82) is 0 Å². The van der Waals surface area contributed by atoms with Crippen molar-refractivity contribution in [2.75, 3.05) is 10.7 Å². The van der Waals surface area contributed by atoms with Gasteiger partial charge >= 0.3 is 0 Å². The smallest absolute Gasteiger partial charge is 0.281 e. The Bertz CT molecular complexity index is 1070. The number of hydrogen-bond acceptors (Lipinski definition) is 4. The highest BCUT2D eigenvalue weighted by Gasteiger charge is 2.20. The maximum absolute atomic E-state index is 12.9. The molecule has 26 heavy (non-hydrogen) atoms. The minimum Gasteiger partial charge on any atom is -0.331 e. The number of rotatable bonds is 2. The molecule has 3 aromatic rings. The van der Waals surface area contributed by atoms with Gasteiger partial charge in [0.1, 0.15) is 11.2 Å². The highest BCUT2D eigenvalue weighted by atomic mass is 32.1. The number of thiocarbonyl (C=S) groups is 1. The average molecular weight is 385 g/mol. The van der Waals surface area contributed by atoms with Crippen LogP contribution in [-0.4, -0.2) is 14.8 Å². The van der Waals surface area contributed by atoms with Crippen molar-refractivity contribution in [1.82, 2.24) is 9.66 Å². The maximum atomic E-state index is 12.9. The van der Waals surface area contributed by atoms with E-state index in [9.17, 15) is 4.79 Å². The van der Waals surface area contributed by atoms with E-state index in [0.29, 0.717) is 5.11 Å². The van der Waals surface area contributed by atoms with Gasteiger partial charge in [-0.05, 0) is 68.9 Å². The molecule has 1 aromatic carbocycles. The zero-order valence-corrected chi connectivity index (χ0v) is 16.4. The first-order valence-corrected chi connectivity index (χ1v) is 9.92. The summed E-state index contributed by atoms with van der Waals surface area (Å²) in [6, 6.07) is 6.09. The van der Waals surface area contributed by atoms with E-state index in [-0.39, 0.29) is 5.56 Å². The van der Waals surface area contributed by atoms with E-state index >= 15 is 0 Å². The average Bonchev–Trinajstić information content (AvgIpc) is 2.99. The van der Waals surface area contributed by atoms with Gasteiger partial charge in [-0.2, -0.15) is 0 Å². The Morgan fingerprint density at radius 1 is 1.27 bits per heavy atom. The monoisotopic (exact) mass is 384 g/mol. The second-order valence-corrected chi connectivity index (χ2v) is 8.19. The fourth-order valence-electron chi connectivity index (χ4n) is 3.44. The van der Waals surface area contributed by atoms with Crippen LogP contribution in [0.25, 0.3) is 10.2 Å². The number of aromatic nitrogens is 2. The number of benzene rings is 1. The fraction of sp³-hybridized carbons (Fsp3) is 0.316. The molecule has 0 unspecified atom stereocenters. The number of hydrogen-bond donors (Lipinski definition) is 2. The molecule has 0 spiro atoms. The minimum absolute atomic E-state index is 0.0841. The highest BCUT2D eigenvalue weighted by Crippen LogP contribution is 2.33. The lowest BCUT2D eigenvalue weighted by Gasteiger charge is -2.14. The van der Waals surface area contributed by atoms with Gasteiger partial charge in [0.05, 0.1) is 5.39 Å². The molecule has 5 nitrogen and oxygen atoms in total. The van der Waals surface area contributed by atoms with Gasteiger partial charge in [-0.3, -0.25) is 10.2 Å². The normalized spacial score (nSPS) is 13.5. The van der Waals surface area contributed by atoms with E-state index in [1.807, 2.05) is 19.1 Å². The zero-order chi connectivity index (χ0) is 18.3.